The number of nitrogens with one attached hydrogen (secondary N) is 1. The van der Waals surface area contributed by atoms with Gasteiger partial charge in [-0.3, -0.25) is 4.79 Å². The Kier molecular flexibility index (Phi) is 4.04. The summed E-state index contributed by atoms with van der Waals surface area (Å²) in [6.45, 7) is 3.12. The average molecular weight is 282 g/mol. The van der Waals surface area contributed by atoms with Gasteiger partial charge in [-0.2, -0.15) is 5.26 Å². The van der Waals surface area contributed by atoms with Crippen LogP contribution in [0.25, 0.3) is 11.1 Å². The van der Waals surface area contributed by atoms with Crippen molar-refractivity contribution >= 4 is 5.91 Å². The fourth-order valence-electron chi connectivity index (χ4n) is 1.89. The van der Waals surface area contributed by atoms with Crippen molar-refractivity contribution in [1.82, 2.24) is 5.32 Å². The Morgan fingerprint density at radius 2 is 1.81 bits per heavy atom. The fraction of sp³-hybridized carbons (Fsp3) is 0.176. The number of carbonyl (C=O) groups is 1. The Bertz CT molecular complexity index is 702. The number of carbonyl (C=O) groups excluding carboxylic acids is 1. The van der Waals surface area contributed by atoms with Crippen molar-refractivity contribution in [3.63, 3.8) is 0 Å². The minimum absolute atomic E-state index is 0.0697. The number of benzene rings is 2. The monoisotopic (exact) mass is 282 g/mol. The van der Waals surface area contributed by atoms with Crippen molar-refractivity contribution in [2.24, 2.45) is 0 Å². The van der Waals surface area contributed by atoms with E-state index in [0.29, 0.717) is 0 Å². The minimum atomic E-state index is -1.05. The molecule has 1 N–H and O–H groups in total. The molecular formula is C17H15FN2O. The van der Waals surface area contributed by atoms with E-state index in [9.17, 15) is 9.18 Å². The first-order chi connectivity index (χ1) is 9.93. The van der Waals surface area contributed by atoms with Gasteiger partial charge in [-0.15, -0.1) is 0 Å². The number of hydrogen-bond donors (Lipinski definition) is 1. The van der Waals surface area contributed by atoms with Crippen LogP contribution in [0.5, 0.6) is 0 Å². The van der Waals surface area contributed by atoms with Crippen LogP contribution < -0.4 is 5.32 Å². The highest BCUT2D eigenvalue weighted by Gasteiger charge is 2.22. The Morgan fingerprint density at radius 1 is 1.14 bits per heavy atom. The van der Waals surface area contributed by atoms with Crippen LogP contribution >= 0.6 is 0 Å². The van der Waals surface area contributed by atoms with E-state index in [4.69, 9.17) is 5.26 Å². The van der Waals surface area contributed by atoms with E-state index in [0.717, 1.165) is 11.1 Å². The van der Waals surface area contributed by atoms with Gasteiger partial charge >= 0.3 is 0 Å². The van der Waals surface area contributed by atoms with E-state index in [1.54, 1.807) is 19.9 Å². The van der Waals surface area contributed by atoms with E-state index < -0.39 is 17.3 Å². The molecule has 0 saturated heterocycles. The second kappa shape index (κ2) is 5.76. The molecular weight excluding hydrogens is 267 g/mol. The Labute approximate surface area is 123 Å². The highest BCUT2D eigenvalue weighted by atomic mass is 19.1. The topological polar surface area (TPSA) is 52.9 Å². The van der Waals surface area contributed by atoms with Crippen LogP contribution in [-0.4, -0.2) is 11.4 Å². The highest BCUT2D eigenvalue weighted by Crippen LogP contribution is 2.22. The van der Waals surface area contributed by atoms with E-state index in [1.165, 1.54) is 12.1 Å². The maximum Gasteiger partial charge on any atom is 0.255 e. The zero-order valence-electron chi connectivity index (χ0n) is 11.9. The molecule has 0 bridgehead atoms. The molecule has 2 aromatic rings. The van der Waals surface area contributed by atoms with Gasteiger partial charge < -0.3 is 5.32 Å². The van der Waals surface area contributed by atoms with Crippen LogP contribution in [0.2, 0.25) is 0 Å². The summed E-state index contributed by atoms with van der Waals surface area (Å²) in [4.78, 5) is 12.1. The molecule has 2 aromatic carbocycles. The van der Waals surface area contributed by atoms with Gasteiger partial charge in [0.05, 0.1) is 11.6 Å². The van der Waals surface area contributed by atoms with E-state index in [1.807, 2.05) is 36.4 Å². The first kappa shape index (κ1) is 14.7. The molecule has 0 aliphatic rings. The van der Waals surface area contributed by atoms with Crippen LogP contribution in [0.15, 0.2) is 48.5 Å². The quantitative estimate of drug-likeness (QED) is 0.936. The van der Waals surface area contributed by atoms with Crippen LogP contribution in [0.3, 0.4) is 0 Å². The van der Waals surface area contributed by atoms with E-state index in [2.05, 4.69) is 5.32 Å². The van der Waals surface area contributed by atoms with Crippen LogP contribution in [0, 0.1) is 17.1 Å². The van der Waals surface area contributed by atoms with Gasteiger partial charge in [0.15, 0.2) is 0 Å². The summed E-state index contributed by atoms with van der Waals surface area (Å²) in [5, 5.41) is 11.4. The zero-order chi connectivity index (χ0) is 15.5. The van der Waals surface area contributed by atoms with E-state index in [-0.39, 0.29) is 5.56 Å². The number of amides is 1. The Morgan fingerprint density at radius 3 is 2.43 bits per heavy atom. The lowest BCUT2D eigenvalue weighted by Crippen LogP contribution is -2.42. The third kappa shape index (κ3) is 3.46. The summed E-state index contributed by atoms with van der Waals surface area (Å²) in [5.41, 5.74) is 0.523. The SMILES string of the molecule is CC(C)(C#N)NC(=O)c1cc(-c2ccccc2)ccc1F. The van der Waals surface area contributed by atoms with E-state index >= 15 is 0 Å². The summed E-state index contributed by atoms with van der Waals surface area (Å²) >= 11 is 0. The lowest BCUT2D eigenvalue weighted by atomic mass is 10.0. The smallest absolute Gasteiger partial charge is 0.255 e. The second-order valence-electron chi connectivity index (χ2n) is 5.25. The molecule has 4 heteroatoms. The third-order valence-corrected chi connectivity index (χ3v) is 3.02. The lowest BCUT2D eigenvalue weighted by Gasteiger charge is -2.18. The predicted molar refractivity (Wildman–Crippen MR) is 79.0 cm³/mol. The molecule has 0 aliphatic carbocycles. The van der Waals surface area contributed by atoms with Crippen molar-refractivity contribution in [3.8, 4) is 17.2 Å². The van der Waals surface area contributed by atoms with Gasteiger partial charge in [-0.05, 0) is 37.1 Å². The number of nitrogens with zero attached hydrogens (tertiary/aromatic N) is 1. The summed E-state index contributed by atoms with van der Waals surface area (Å²) < 4.78 is 13.9. The number of nitriles is 1. The highest BCUT2D eigenvalue weighted by molar-refractivity contribution is 5.96. The summed E-state index contributed by atoms with van der Waals surface area (Å²) in [6, 6.07) is 15.7. The van der Waals surface area contributed by atoms with Gasteiger partial charge in [0.25, 0.3) is 5.91 Å². The summed E-state index contributed by atoms with van der Waals surface area (Å²) in [6.07, 6.45) is 0. The normalized spacial score (nSPS) is 10.8. The Hall–Kier alpha value is -2.67. The minimum Gasteiger partial charge on any atom is -0.334 e. The maximum absolute atomic E-state index is 13.9. The van der Waals surface area contributed by atoms with Crippen molar-refractivity contribution in [2.45, 2.75) is 19.4 Å². The molecule has 0 aromatic heterocycles. The number of rotatable bonds is 3. The number of hydrogen-bond acceptors (Lipinski definition) is 2. The van der Waals surface area contributed by atoms with Crippen LogP contribution in [0.4, 0.5) is 4.39 Å². The molecule has 3 nitrogen and oxygen atoms in total. The molecule has 0 spiro atoms. The van der Waals surface area contributed by atoms with Crippen molar-refractivity contribution in [1.29, 1.82) is 5.26 Å². The van der Waals surface area contributed by atoms with Crippen molar-refractivity contribution in [3.05, 3.63) is 59.9 Å². The molecule has 0 aliphatic heterocycles. The maximum atomic E-state index is 13.9. The molecule has 106 valence electrons. The molecule has 0 heterocycles. The van der Waals surface area contributed by atoms with Gasteiger partial charge in [-0.25, -0.2) is 4.39 Å². The molecule has 0 atom stereocenters. The molecule has 0 fully saturated rings. The standard InChI is InChI=1S/C17H15FN2O/c1-17(2,11-19)20-16(21)14-10-13(8-9-15(14)18)12-6-4-3-5-7-12/h3-10H,1-2H3,(H,20,21). The van der Waals surface area contributed by atoms with Gasteiger partial charge in [-0.1, -0.05) is 36.4 Å². The van der Waals surface area contributed by atoms with Crippen molar-refractivity contribution < 1.29 is 9.18 Å². The molecule has 0 saturated carbocycles. The summed E-state index contributed by atoms with van der Waals surface area (Å²) in [7, 11) is 0. The molecule has 2 rings (SSSR count). The van der Waals surface area contributed by atoms with Gasteiger partial charge in [0, 0.05) is 0 Å². The zero-order valence-corrected chi connectivity index (χ0v) is 11.9. The molecule has 1 amide bonds. The molecule has 0 radical (unpaired) electrons. The average Bonchev–Trinajstić information content (AvgIpc) is 2.48. The van der Waals surface area contributed by atoms with Gasteiger partial charge in [0.1, 0.15) is 11.4 Å². The molecule has 0 unspecified atom stereocenters. The van der Waals surface area contributed by atoms with Crippen molar-refractivity contribution in [2.75, 3.05) is 0 Å². The lowest BCUT2D eigenvalue weighted by molar-refractivity contribution is 0.0925. The summed E-state index contributed by atoms with van der Waals surface area (Å²) in [5.74, 6) is -1.21. The Balaban J connectivity index is 2.37. The van der Waals surface area contributed by atoms with Crippen LogP contribution in [0.1, 0.15) is 24.2 Å². The first-order valence-electron chi connectivity index (χ1n) is 6.52. The second-order valence-corrected chi connectivity index (χ2v) is 5.25. The largest absolute Gasteiger partial charge is 0.334 e. The predicted octanol–water partition coefficient (Wildman–Crippen LogP) is 3.52. The first-order valence-corrected chi connectivity index (χ1v) is 6.52. The third-order valence-electron chi connectivity index (χ3n) is 3.02. The van der Waals surface area contributed by atoms with Gasteiger partial charge in [0.2, 0.25) is 0 Å². The molecule has 21 heavy (non-hydrogen) atoms. The number of halogens is 1. The fourth-order valence-corrected chi connectivity index (χ4v) is 1.89. The van der Waals surface area contributed by atoms with Crippen LogP contribution in [-0.2, 0) is 0 Å².